The number of hydrogen-bond acceptors (Lipinski definition) is 10. The normalized spacial score (nSPS) is 10.7. The van der Waals surface area contributed by atoms with Gasteiger partial charge in [0, 0.05) is 23.5 Å². The van der Waals surface area contributed by atoms with Crippen LogP contribution in [-0.4, -0.2) is 48.3 Å². The number of carbonyl (C=O) groups excluding carboxylic acids is 1. The van der Waals surface area contributed by atoms with E-state index in [1.807, 2.05) is 92.2 Å². The fraction of sp³-hybridized carbons (Fsp3) is 0.0870. The number of hydrogen-bond donors (Lipinski definition) is 2. The number of benzene rings is 6. The van der Waals surface area contributed by atoms with Crippen molar-refractivity contribution in [2.45, 2.75) is 24.2 Å². The van der Waals surface area contributed by atoms with Crippen LogP contribution in [0.4, 0.5) is 17.2 Å². The van der Waals surface area contributed by atoms with Crippen LogP contribution in [0.2, 0.25) is 0 Å². The highest BCUT2D eigenvalue weighted by Gasteiger charge is 2.16. The molecule has 9 nitrogen and oxygen atoms in total. The van der Waals surface area contributed by atoms with Gasteiger partial charge in [-0.25, -0.2) is 24.9 Å². The highest BCUT2D eigenvalue weighted by atomic mass is 32.2. The summed E-state index contributed by atoms with van der Waals surface area (Å²) in [5.74, 6) is 2.47. The van der Waals surface area contributed by atoms with Crippen molar-refractivity contribution in [1.82, 2.24) is 29.5 Å². The number of imidazole rings is 1. The second kappa shape index (κ2) is 17.9. The summed E-state index contributed by atoms with van der Waals surface area (Å²) in [6, 6.07) is 44.5. The third kappa shape index (κ3) is 9.29. The molecule has 3 heterocycles. The van der Waals surface area contributed by atoms with E-state index < -0.39 is 0 Å². The molecule has 11 heteroatoms. The first-order valence-corrected chi connectivity index (χ1v) is 20.6. The molecule has 6 aromatic carbocycles. The van der Waals surface area contributed by atoms with Crippen molar-refractivity contribution in [3.05, 3.63) is 163 Å². The number of fused-ring (bicyclic) bond motifs is 3. The quantitative estimate of drug-likeness (QED) is 0.0698. The predicted octanol–water partition coefficient (Wildman–Crippen LogP) is 11.2. The molecule has 9 rings (SSSR count). The van der Waals surface area contributed by atoms with Crippen molar-refractivity contribution in [2.75, 3.05) is 23.6 Å². The summed E-state index contributed by atoms with van der Waals surface area (Å²) in [5.41, 5.74) is 13.6. The van der Waals surface area contributed by atoms with Crippen molar-refractivity contribution in [1.29, 1.82) is 0 Å². The van der Waals surface area contributed by atoms with E-state index in [-0.39, 0.29) is 0 Å². The maximum absolute atomic E-state index is 10.5. The minimum atomic E-state index is 0.708. The number of rotatable bonds is 7. The molecule has 0 radical (unpaired) electrons. The van der Waals surface area contributed by atoms with Gasteiger partial charge in [-0.15, -0.1) is 0 Å². The van der Waals surface area contributed by atoms with E-state index in [4.69, 9.17) is 15.7 Å². The molecule has 0 atom stereocenters. The molecule has 0 unspecified atom stereocenters. The summed E-state index contributed by atoms with van der Waals surface area (Å²) in [7, 11) is 0. The number of nitrogens with zero attached hydrogens (tertiary/aromatic N) is 6. The number of carbonyl (C=O) groups is 1. The van der Waals surface area contributed by atoms with Crippen LogP contribution in [0.1, 0.15) is 21.5 Å². The van der Waals surface area contributed by atoms with E-state index in [1.165, 1.54) is 45.2 Å². The Balaban J connectivity index is 0.000000145. The molecule has 3 aromatic heterocycles. The molecule has 0 amide bonds. The van der Waals surface area contributed by atoms with E-state index in [0.717, 1.165) is 72.9 Å². The van der Waals surface area contributed by atoms with Crippen molar-refractivity contribution in [2.24, 2.45) is 0 Å². The lowest BCUT2D eigenvalue weighted by atomic mass is 10.1. The van der Waals surface area contributed by atoms with Gasteiger partial charge in [0.15, 0.2) is 10.3 Å². The lowest BCUT2D eigenvalue weighted by Crippen LogP contribution is -2.02. The Morgan fingerprint density at radius 2 is 1.26 bits per heavy atom. The maximum atomic E-state index is 10.5. The van der Waals surface area contributed by atoms with Crippen LogP contribution in [0.25, 0.3) is 49.8 Å². The van der Waals surface area contributed by atoms with Crippen LogP contribution in [0.3, 0.4) is 0 Å². The number of anilines is 3. The van der Waals surface area contributed by atoms with E-state index in [9.17, 15) is 4.79 Å². The molecule has 0 aliphatic carbocycles. The monoisotopic (exact) mass is 784 g/mol. The Morgan fingerprint density at radius 1 is 0.632 bits per heavy atom. The average molecular weight is 785 g/mol. The van der Waals surface area contributed by atoms with Crippen molar-refractivity contribution in [3.63, 3.8) is 0 Å². The topological polar surface area (TPSA) is 124 Å². The van der Waals surface area contributed by atoms with Crippen LogP contribution in [0.15, 0.2) is 156 Å². The largest absolute Gasteiger partial charge is 0.397 e. The lowest BCUT2D eigenvalue weighted by molar-refractivity contribution is 0.112. The molecule has 0 saturated carbocycles. The molecule has 57 heavy (non-hydrogen) atoms. The zero-order valence-corrected chi connectivity index (χ0v) is 33.6. The number of nitrogens with one attached hydrogen (secondary N) is 1. The van der Waals surface area contributed by atoms with E-state index in [1.54, 1.807) is 12.4 Å². The fourth-order valence-corrected chi connectivity index (χ4v) is 6.91. The number of nitrogen functional groups attached to an aromatic ring is 1. The van der Waals surface area contributed by atoms with E-state index in [0.29, 0.717) is 5.69 Å². The van der Waals surface area contributed by atoms with Crippen LogP contribution in [-0.2, 0) is 0 Å². The highest BCUT2D eigenvalue weighted by molar-refractivity contribution is 7.98. The number of aldehydes is 1. The van der Waals surface area contributed by atoms with Crippen LogP contribution in [0.5, 0.6) is 0 Å². The summed E-state index contributed by atoms with van der Waals surface area (Å²) in [6.45, 7) is 4.12. The van der Waals surface area contributed by atoms with E-state index in [2.05, 4.69) is 92.4 Å². The number of nitrogens with two attached hydrogens (primary N) is 1. The van der Waals surface area contributed by atoms with Gasteiger partial charge in [-0.2, -0.15) is 0 Å². The van der Waals surface area contributed by atoms with Gasteiger partial charge in [-0.05, 0) is 108 Å². The van der Waals surface area contributed by atoms with Gasteiger partial charge in [0.1, 0.15) is 23.7 Å². The van der Waals surface area contributed by atoms with Crippen LogP contribution < -0.4 is 11.1 Å². The molecular weight excluding hydrogens is 745 g/mol. The Labute approximate surface area is 339 Å². The number of thioether (sulfide) groups is 2. The third-order valence-corrected chi connectivity index (χ3v) is 10.2. The average Bonchev–Trinajstić information content (AvgIpc) is 3.64. The molecule has 0 aliphatic heterocycles. The summed E-state index contributed by atoms with van der Waals surface area (Å²) in [4.78, 5) is 32.9. The molecule has 0 spiro atoms. The Kier molecular flexibility index (Phi) is 12.2. The minimum Gasteiger partial charge on any atom is -0.397 e. The van der Waals surface area contributed by atoms with Crippen molar-refractivity contribution in [3.8, 4) is 17.2 Å². The Morgan fingerprint density at radius 3 is 1.98 bits per heavy atom. The summed E-state index contributed by atoms with van der Waals surface area (Å²) >= 11 is 3.04. The van der Waals surface area contributed by atoms with Gasteiger partial charge in [0.25, 0.3) is 0 Å². The third-order valence-electron chi connectivity index (χ3n) is 9.05. The first-order chi connectivity index (χ1) is 27.8. The zero-order valence-electron chi connectivity index (χ0n) is 31.9. The van der Waals surface area contributed by atoms with Crippen LogP contribution in [0, 0.1) is 13.8 Å². The van der Waals surface area contributed by atoms with Crippen molar-refractivity contribution < 1.29 is 4.79 Å². The standard InChI is InChI=1S/C23H18N4S.C12H14N4S.C11H8O/c1-15-7-10-19-20(13-15)27(21-11-12-24-23(26-21)28-2)22(25-19)18-9-8-16-5-3-4-6-17(16)14-18;1-8-3-4-9(13)10(7-8)15-11-5-6-14-12(16-11)17-2;12-8-9-5-6-10-3-1-2-4-11(10)7-9/h3-14H,1-2H3;3-7H,13H2,1-2H3,(H,14,15,16);1-8H. The highest BCUT2D eigenvalue weighted by Crippen LogP contribution is 2.31. The van der Waals surface area contributed by atoms with E-state index >= 15 is 0 Å². The Bertz CT molecular complexity index is 2840. The van der Waals surface area contributed by atoms with Gasteiger partial charge in [-0.3, -0.25) is 9.36 Å². The lowest BCUT2D eigenvalue weighted by Gasteiger charge is -2.10. The number of aromatic nitrogens is 6. The molecule has 3 N–H and O–H groups in total. The molecular formula is C46H40N8OS2. The van der Waals surface area contributed by atoms with Gasteiger partial charge in [0.05, 0.1) is 22.4 Å². The zero-order chi connectivity index (χ0) is 39.7. The van der Waals surface area contributed by atoms with Crippen LogP contribution >= 0.6 is 23.5 Å². The molecule has 0 fully saturated rings. The first-order valence-electron chi connectivity index (χ1n) is 18.1. The number of aryl methyl sites for hydroxylation is 2. The maximum Gasteiger partial charge on any atom is 0.189 e. The van der Waals surface area contributed by atoms with Gasteiger partial charge in [-0.1, -0.05) is 108 Å². The molecule has 0 saturated heterocycles. The molecule has 0 aliphatic rings. The minimum absolute atomic E-state index is 0.708. The Hall–Kier alpha value is -6.56. The molecule has 0 bridgehead atoms. The first kappa shape index (κ1) is 38.7. The fourth-order valence-electron chi connectivity index (χ4n) is 6.20. The van der Waals surface area contributed by atoms with Crippen molar-refractivity contribution >= 4 is 79.6 Å². The summed E-state index contributed by atoms with van der Waals surface area (Å²) < 4.78 is 2.13. The molecule has 282 valence electrons. The summed E-state index contributed by atoms with van der Waals surface area (Å²) in [5, 5.41) is 9.38. The van der Waals surface area contributed by atoms with Gasteiger partial charge < -0.3 is 11.1 Å². The second-order valence-electron chi connectivity index (χ2n) is 13.1. The van der Waals surface area contributed by atoms with Gasteiger partial charge >= 0.3 is 0 Å². The predicted molar refractivity (Wildman–Crippen MR) is 238 cm³/mol. The molecule has 9 aromatic rings. The SMILES string of the molecule is CSc1nccc(-n2c(-c3ccc4ccccc4c3)nc3ccc(C)cc32)n1.CSc1nccc(Nc2cc(C)ccc2N)n1.O=Cc1ccc2ccccc2c1. The second-order valence-corrected chi connectivity index (χ2v) is 14.6. The summed E-state index contributed by atoms with van der Waals surface area (Å²) in [6.07, 6.45) is 8.33. The van der Waals surface area contributed by atoms with Gasteiger partial charge in [0.2, 0.25) is 0 Å². The smallest absolute Gasteiger partial charge is 0.189 e.